The number of carbonyl (C=O) groups is 1. The lowest BCUT2D eigenvalue weighted by atomic mass is 9.74. The summed E-state index contributed by atoms with van der Waals surface area (Å²) < 4.78 is 27.1. The Balaban J connectivity index is 1.89. The molecule has 0 unspecified atom stereocenters. The molecule has 0 radical (unpaired) electrons. The summed E-state index contributed by atoms with van der Waals surface area (Å²) in [5, 5.41) is 20.2. The topological polar surface area (TPSA) is 94.9 Å². The first kappa shape index (κ1) is 18.4. The summed E-state index contributed by atoms with van der Waals surface area (Å²) in [6, 6.07) is 6.70. The lowest BCUT2D eigenvalue weighted by Gasteiger charge is -2.42. The van der Waals surface area contributed by atoms with E-state index in [1.165, 1.54) is 4.31 Å². The first-order valence-corrected chi connectivity index (χ1v) is 10.2. The van der Waals surface area contributed by atoms with E-state index in [0.717, 1.165) is 24.8 Å². The third kappa shape index (κ3) is 3.45. The number of benzene rings is 1. The van der Waals surface area contributed by atoms with E-state index in [1.54, 1.807) is 24.3 Å². The largest absolute Gasteiger partial charge is 0.481 e. The second-order valence-electron chi connectivity index (χ2n) is 7.25. The molecule has 7 heteroatoms. The van der Waals surface area contributed by atoms with Crippen LogP contribution in [-0.4, -0.2) is 48.1 Å². The number of rotatable bonds is 6. The number of sulfonamides is 1. The first-order chi connectivity index (χ1) is 11.8. The molecule has 2 atom stereocenters. The van der Waals surface area contributed by atoms with Crippen molar-refractivity contribution in [3.63, 3.8) is 0 Å². The van der Waals surface area contributed by atoms with Crippen molar-refractivity contribution in [2.24, 2.45) is 11.3 Å². The summed E-state index contributed by atoms with van der Waals surface area (Å²) in [6.07, 6.45) is 2.19. The van der Waals surface area contributed by atoms with Crippen molar-refractivity contribution in [3.05, 3.63) is 29.8 Å². The van der Waals surface area contributed by atoms with Crippen LogP contribution in [0.2, 0.25) is 0 Å². The Labute approximate surface area is 148 Å². The van der Waals surface area contributed by atoms with Gasteiger partial charge in [-0.25, -0.2) is 8.42 Å². The van der Waals surface area contributed by atoms with E-state index in [2.05, 4.69) is 0 Å². The molecule has 0 spiro atoms. The van der Waals surface area contributed by atoms with Crippen molar-refractivity contribution < 1.29 is 23.4 Å². The average molecular weight is 367 g/mol. The standard InChI is InChI=1S/C18H25NO5S/c1-2-13-5-7-15(8-6-13)25(23,24)19-10-9-16(20)18(12-19,17(21)22)11-14-3-4-14/h5-8,14,16,20H,2-4,9-12H2,1H3,(H,21,22)/t16-,18+/m1/s1. The number of nitrogens with zero attached hydrogens (tertiary/aromatic N) is 1. The molecule has 1 saturated carbocycles. The fourth-order valence-electron chi connectivity index (χ4n) is 3.63. The second-order valence-corrected chi connectivity index (χ2v) is 9.19. The number of aryl methyl sites for hydroxylation is 1. The quantitative estimate of drug-likeness (QED) is 0.800. The Hall–Kier alpha value is -1.44. The number of piperidine rings is 1. The van der Waals surface area contributed by atoms with Crippen LogP contribution >= 0.6 is 0 Å². The molecule has 1 aliphatic carbocycles. The fourth-order valence-corrected chi connectivity index (χ4v) is 5.15. The molecule has 1 aromatic rings. The van der Waals surface area contributed by atoms with Crippen LogP contribution in [0.5, 0.6) is 0 Å². The molecule has 0 bridgehead atoms. The van der Waals surface area contributed by atoms with Gasteiger partial charge >= 0.3 is 5.97 Å². The van der Waals surface area contributed by atoms with Crippen LogP contribution < -0.4 is 0 Å². The van der Waals surface area contributed by atoms with E-state index >= 15 is 0 Å². The normalized spacial score (nSPS) is 28.0. The molecule has 1 saturated heterocycles. The number of hydrogen-bond acceptors (Lipinski definition) is 4. The highest BCUT2D eigenvalue weighted by molar-refractivity contribution is 7.89. The molecule has 3 rings (SSSR count). The highest BCUT2D eigenvalue weighted by Crippen LogP contribution is 2.45. The molecule has 1 aromatic carbocycles. The van der Waals surface area contributed by atoms with Gasteiger partial charge in [-0.3, -0.25) is 4.79 Å². The number of aliphatic carboxylic acids is 1. The van der Waals surface area contributed by atoms with Gasteiger partial charge in [-0.2, -0.15) is 4.31 Å². The zero-order valence-electron chi connectivity index (χ0n) is 14.4. The molecule has 25 heavy (non-hydrogen) atoms. The van der Waals surface area contributed by atoms with Crippen molar-refractivity contribution >= 4 is 16.0 Å². The minimum absolute atomic E-state index is 0.138. The van der Waals surface area contributed by atoms with Crippen LogP contribution in [0, 0.1) is 11.3 Å². The van der Waals surface area contributed by atoms with Crippen molar-refractivity contribution in [2.75, 3.05) is 13.1 Å². The van der Waals surface area contributed by atoms with Crippen LogP contribution in [0.15, 0.2) is 29.2 Å². The number of aliphatic hydroxyl groups is 1. The summed E-state index contributed by atoms with van der Waals surface area (Å²) in [7, 11) is -3.77. The van der Waals surface area contributed by atoms with Gasteiger partial charge in [0.1, 0.15) is 5.41 Å². The first-order valence-electron chi connectivity index (χ1n) is 8.80. The Morgan fingerprint density at radius 2 is 1.88 bits per heavy atom. The number of aliphatic hydroxyl groups excluding tert-OH is 1. The SMILES string of the molecule is CCc1ccc(S(=O)(=O)N2CC[C@@H](O)[C@@](CC3CC3)(C(=O)O)C2)cc1. The highest BCUT2D eigenvalue weighted by atomic mass is 32.2. The summed E-state index contributed by atoms with van der Waals surface area (Å²) >= 11 is 0. The van der Waals surface area contributed by atoms with Gasteiger partial charge in [0.25, 0.3) is 0 Å². The van der Waals surface area contributed by atoms with Crippen LogP contribution in [0.25, 0.3) is 0 Å². The number of carboxylic acid groups (broad SMARTS) is 1. The molecule has 0 aromatic heterocycles. The van der Waals surface area contributed by atoms with Crippen molar-refractivity contribution in [1.82, 2.24) is 4.31 Å². The zero-order chi connectivity index (χ0) is 18.2. The predicted molar refractivity (Wildman–Crippen MR) is 92.6 cm³/mol. The molecule has 2 N–H and O–H groups in total. The van der Waals surface area contributed by atoms with E-state index in [9.17, 15) is 23.4 Å². The van der Waals surface area contributed by atoms with Crippen LogP contribution in [0.3, 0.4) is 0 Å². The van der Waals surface area contributed by atoms with E-state index < -0.39 is 27.5 Å². The summed E-state index contributed by atoms with van der Waals surface area (Å²) in [4.78, 5) is 12.1. The van der Waals surface area contributed by atoms with Crippen LogP contribution in [0.1, 0.15) is 38.2 Å². The summed E-state index contributed by atoms with van der Waals surface area (Å²) in [5.74, 6) is -0.828. The minimum atomic E-state index is -3.77. The highest BCUT2D eigenvalue weighted by Gasteiger charge is 2.53. The monoisotopic (exact) mass is 367 g/mol. The van der Waals surface area contributed by atoms with Gasteiger partial charge in [-0.05, 0) is 42.9 Å². The maximum absolute atomic E-state index is 13.0. The molecule has 0 amide bonds. The smallest absolute Gasteiger partial charge is 0.313 e. The van der Waals surface area contributed by atoms with Gasteiger partial charge in [0, 0.05) is 13.1 Å². The number of hydrogen-bond donors (Lipinski definition) is 2. The second kappa shape index (κ2) is 6.70. The van der Waals surface area contributed by atoms with E-state index in [0.29, 0.717) is 6.42 Å². The van der Waals surface area contributed by atoms with Gasteiger partial charge in [0.05, 0.1) is 11.0 Å². The molecule has 6 nitrogen and oxygen atoms in total. The van der Waals surface area contributed by atoms with E-state index in [4.69, 9.17) is 0 Å². The van der Waals surface area contributed by atoms with E-state index in [-0.39, 0.29) is 30.3 Å². The Kier molecular flexibility index (Phi) is 4.92. The van der Waals surface area contributed by atoms with Gasteiger partial charge in [-0.1, -0.05) is 31.9 Å². The Bertz CT molecular complexity index is 741. The molecule has 138 valence electrons. The molecule has 1 aliphatic heterocycles. The maximum Gasteiger partial charge on any atom is 0.313 e. The molecular formula is C18H25NO5S. The average Bonchev–Trinajstić information content (AvgIpc) is 3.40. The molecule has 1 heterocycles. The number of carboxylic acids is 1. The van der Waals surface area contributed by atoms with Crippen molar-refractivity contribution in [2.45, 2.75) is 50.0 Å². The Morgan fingerprint density at radius 1 is 1.24 bits per heavy atom. The van der Waals surface area contributed by atoms with Crippen LogP contribution in [0.4, 0.5) is 0 Å². The molecule has 2 aliphatic rings. The fraction of sp³-hybridized carbons (Fsp3) is 0.611. The summed E-state index contributed by atoms with van der Waals surface area (Å²) in [6.45, 7) is 1.96. The third-order valence-corrected chi connectivity index (χ3v) is 7.35. The zero-order valence-corrected chi connectivity index (χ0v) is 15.2. The van der Waals surface area contributed by atoms with Gasteiger partial charge in [0.2, 0.25) is 10.0 Å². The summed E-state index contributed by atoms with van der Waals surface area (Å²) in [5.41, 5.74) is -0.364. The lowest BCUT2D eigenvalue weighted by molar-refractivity contribution is -0.162. The Morgan fingerprint density at radius 3 is 2.40 bits per heavy atom. The van der Waals surface area contributed by atoms with Gasteiger partial charge in [-0.15, -0.1) is 0 Å². The van der Waals surface area contributed by atoms with Gasteiger partial charge in [0.15, 0.2) is 0 Å². The molecule has 2 fully saturated rings. The van der Waals surface area contributed by atoms with E-state index in [1.807, 2.05) is 6.92 Å². The van der Waals surface area contributed by atoms with Gasteiger partial charge < -0.3 is 10.2 Å². The predicted octanol–water partition coefficient (Wildman–Crippen LogP) is 1.88. The van der Waals surface area contributed by atoms with Crippen molar-refractivity contribution in [3.8, 4) is 0 Å². The third-order valence-electron chi connectivity index (χ3n) is 5.49. The molecular weight excluding hydrogens is 342 g/mol. The van der Waals surface area contributed by atoms with Crippen molar-refractivity contribution in [1.29, 1.82) is 0 Å². The maximum atomic E-state index is 13.0. The minimum Gasteiger partial charge on any atom is -0.481 e. The lowest BCUT2D eigenvalue weighted by Crippen LogP contribution is -2.57. The van der Waals surface area contributed by atoms with Crippen LogP contribution in [-0.2, 0) is 21.2 Å².